The average Bonchev–Trinajstić information content (AvgIpc) is 2.72. The molecule has 1 saturated heterocycles. The van der Waals surface area contributed by atoms with Crippen molar-refractivity contribution in [2.45, 2.75) is 44.9 Å². The molecular weight excluding hydrogens is 250 g/mol. The second kappa shape index (κ2) is 5.80. The van der Waals surface area contributed by atoms with Gasteiger partial charge in [0, 0.05) is 29.9 Å². The van der Waals surface area contributed by atoms with Gasteiger partial charge in [-0.05, 0) is 19.8 Å². The van der Waals surface area contributed by atoms with Crippen LogP contribution < -0.4 is 0 Å². The number of carboxylic acids is 1. The van der Waals surface area contributed by atoms with Gasteiger partial charge in [0.2, 0.25) is 0 Å². The number of thiazole rings is 1. The van der Waals surface area contributed by atoms with Gasteiger partial charge < -0.3 is 9.84 Å². The van der Waals surface area contributed by atoms with Crippen molar-refractivity contribution >= 4 is 17.3 Å². The highest BCUT2D eigenvalue weighted by Gasteiger charge is 2.23. The van der Waals surface area contributed by atoms with Crippen LogP contribution in [-0.4, -0.2) is 29.3 Å². The summed E-state index contributed by atoms with van der Waals surface area (Å²) in [4.78, 5) is 16.5. The number of hydrogen-bond donors (Lipinski definition) is 1. The first kappa shape index (κ1) is 13.5. The zero-order chi connectivity index (χ0) is 13.1. The SMILES string of the molecule is Cc1nc(C2CCOCC2)sc1C(C)CC(=O)O. The molecule has 1 unspecified atom stereocenters. The molecule has 0 amide bonds. The van der Waals surface area contributed by atoms with Crippen molar-refractivity contribution in [2.24, 2.45) is 0 Å². The highest BCUT2D eigenvalue weighted by molar-refractivity contribution is 7.12. The number of carboxylic acid groups (broad SMARTS) is 1. The quantitative estimate of drug-likeness (QED) is 0.913. The van der Waals surface area contributed by atoms with Crippen LogP contribution in [0.1, 0.15) is 53.6 Å². The molecule has 2 rings (SSSR count). The number of nitrogens with zero attached hydrogens (tertiary/aromatic N) is 1. The fourth-order valence-electron chi connectivity index (χ4n) is 2.36. The summed E-state index contributed by atoms with van der Waals surface area (Å²) in [7, 11) is 0. The number of aromatic nitrogens is 1. The molecule has 4 nitrogen and oxygen atoms in total. The molecular formula is C13H19NO3S. The van der Waals surface area contributed by atoms with Gasteiger partial charge in [0.05, 0.1) is 17.1 Å². The summed E-state index contributed by atoms with van der Waals surface area (Å²) in [5.41, 5.74) is 0.996. The van der Waals surface area contributed by atoms with Gasteiger partial charge in [0.1, 0.15) is 0 Å². The predicted molar refractivity (Wildman–Crippen MR) is 70.3 cm³/mol. The van der Waals surface area contributed by atoms with Gasteiger partial charge in [0.15, 0.2) is 0 Å². The molecule has 1 fully saturated rings. The Bertz CT molecular complexity index is 424. The molecule has 100 valence electrons. The number of carbonyl (C=O) groups is 1. The molecule has 0 saturated carbocycles. The van der Waals surface area contributed by atoms with Crippen molar-refractivity contribution in [2.75, 3.05) is 13.2 Å². The molecule has 5 heteroatoms. The van der Waals surface area contributed by atoms with Crippen molar-refractivity contribution in [1.82, 2.24) is 4.98 Å². The molecule has 1 aromatic rings. The Morgan fingerprint density at radius 3 is 2.83 bits per heavy atom. The number of aliphatic carboxylic acids is 1. The highest BCUT2D eigenvalue weighted by Crippen LogP contribution is 2.35. The summed E-state index contributed by atoms with van der Waals surface area (Å²) in [6, 6.07) is 0. The summed E-state index contributed by atoms with van der Waals surface area (Å²) in [5, 5.41) is 10.0. The van der Waals surface area contributed by atoms with Gasteiger partial charge in [-0.25, -0.2) is 4.98 Å². The van der Waals surface area contributed by atoms with E-state index in [4.69, 9.17) is 9.84 Å². The molecule has 0 spiro atoms. The smallest absolute Gasteiger partial charge is 0.303 e. The van der Waals surface area contributed by atoms with Crippen LogP contribution in [0, 0.1) is 6.92 Å². The molecule has 0 bridgehead atoms. The zero-order valence-electron chi connectivity index (χ0n) is 10.8. The van der Waals surface area contributed by atoms with Crippen LogP contribution in [0.5, 0.6) is 0 Å². The summed E-state index contributed by atoms with van der Waals surface area (Å²) in [5.74, 6) is -0.204. The molecule has 1 atom stereocenters. The third-order valence-corrected chi connectivity index (χ3v) is 4.90. The Balaban J connectivity index is 2.12. The normalized spacial score (nSPS) is 18.8. The number of aryl methyl sites for hydroxylation is 1. The van der Waals surface area contributed by atoms with Crippen molar-refractivity contribution in [3.05, 3.63) is 15.6 Å². The second-order valence-corrected chi connectivity index (χ2v) is 5.95. The van der Waals surface area contributed by atoms with Crippen LogP contribution in [0.25, 0.3) is 0 Å². The number of rotatable bonds is 4. The zero-order valence-corrected chi connectivity index (χ0v) is 11.6. The van der Waals surface area contributed by atoms with Gasteiger partial charge >= 0.3 is 5.97 Å². The maximum atomic E-state index is 10.8. The fraction of sp³-hybridized carbons (Fsp3) is 0.692. The lowest BCUT2D eigenvalue weighted by Gasteiger charge is -2.19. The number of ether oxygens (including phenoxy) is 1. The molecule has 1 aliphatic rings. The number of hydrogen-bond acceptors (Lipinski definition) is 4. The fourth-order valence-corrected chi connectivity index (χ4v) is 3.65. The first-order valence-electron chi connectivity index (χ1n) is 6.34. The minimum Gasteiger partial charge on any atom is -0.481 e. The van der Waals surface area contributed by atoms with E-state index < -0.39 is 5.97 Å². The van der Waals surface area contributed by atoms with Crippen molar-refractivity contribution in [1.29, 1.82) is 0 Å². The van der Waals surface area contributed by atoms with Crippen molar-refractivity contribution < 1.29 is 14.6 Å². The molecule has 18 heavy (non-hydrogen) atoms. The van der Waals surface area contributed by atoms with E-state index in [1.165, 1.54) is 0 Å². The third kappa shape index (κ3) is 3.09. The van der Waals surface area contributed by atoms with E-state index in [1.54, 1.807) is 11.3 Å². The predicted octanol–water partition coefficient (Wildman–Crippen LogP) is 2.92. The van der Waals surface area contributed by atoms with Gasteiger partial charge in [-0.3, -0.25) is 4.79 Å². The van der Waals surface area contributed by atoms with E-state index in [-0.39, 0.29) is 12.3 Å². The Hall–Kier alpha value is -0.940. The van der Waals surface area contributed by atoms with Crippen molar-refractivity contribution in [3.8, 4) is 0 Å². The van der Waals surface area contributed by atoms with Gasteiger partial charge in [-0.2, -0.15) is 0 Å². The van der Waals surface area contributed by atoms with Crippen LogP contribution in [0.4, 0.5) is 0 Å². The van der Waals surface area contributed by atoms with Crippen LogP contribution in [0.15, 0.2) is 0 Å². The third-order valence-electron chi connectivity index (χ3n) is 3.35. The average molecular weight is 269 g/mol. The molecule has 2 heterocycles. The minimum absolute atomic E-state index is 0.0496. The molecule has 1 N–H and O–H groups in total. The van der Waals surface area contributed by atoms with E-state index >= 15 is 0 Å². The summed E-state index contributed by atoms with van der Waals surface area (Å²) >= 11 is 1.69. The van der Waals surface area contributed by atoms with E-state index in [0.717, 1.165) is 41.6 Å². The van der Waals surface area contributed by atoms with Crippen LogP contribution >= 0.6 is 11.3 Å². The monoisotopic (exact) mass is 269 g/mol. The van der Waals surface area contributed by atoms with E-state index in [2.05, 4.69) is 4.98 Å². The lowest BCUT2D eigenvalue weighted by molar-refractivity contribution is -0.137. The molecule has 1 aliphatic heterocycles. The minimum atomic E-state index is -0.747. The summed E-state index contributed by atoms with van der Waals surface area (Å²) < 4.78 is 5.36. The summed E-state index contributed by atoms with van der Waals surface area (Å²) in [6.45, 7) is 5.56. The molecule has 1 aromatic heterocycles. The largest absolute Gasteiger partial charge is 0.481 e. The van der Waals surface area contributed by atoms with Crippen LogP contribution in [-0.2, 0) is 9.53 Å². The van der Waals surface area contributed by atoms with E-state index in [9.17, 15) is 4.79 Å². The first-order chi connectivity index (χ1) is 8.58. The second-order valence-electron chi connectivity index (χ2n) is 4.89. The van der Waals surface area contributed by atoms with Gasteiger partial charge in [-0.15, -0.1) is 11.3 Å². The maximum Gasteiger partial charge on any atom is 0.303 e. The van der Waals surface area contributed by atoms with E-state index in [1.807, 2.05) is 13.8 Å². The van der Waals surface area contributed by atoms with Crippen LogP contribution in [0.3, 0.4) is 0 Å². The Kier molecular flexibility index (Phi) is 4.35. The summed E-state index contributed by atoms with van der Waals surface area (Å²) in [6.07, 6.45) is 2.23. The van der Waals surface area contributed by atoms with Crippen LogP contribution in [0.2, 0.25) is 0 Å². The molecule has 0 radical (unpaired) electrons. The Labute approximate surface area is 111 Å². The first-order valence-corrected chi connectivity index (χ1v) is 7.16. The standard InChI is InChI=1S/C13H19NO3S/c1-8(7-11(15)16)12-9(2)14-13(18-12)10-3-5-17-6-4-10/h8,10H,3-7H2,1-2H3,(H,15,16). The lowest BCUT2D eigenvalue weighted by atomic mass is 10.0. The Morgan fingerprint density at radius 1 is 1.56 bits per heavy atom. The van der Waals surface area contributed by atoms with Gasteiger partial charge in [-0.1, -0.05) is 6.92 Å². The molecule has 0 aromatic carbocycles. The van der Waals surface area contributed by atoms with Gasteiger partial charge in [0.25, 0.3) is 0 Å². The topological polar surface area (TPSA) is 59.4 Å². The Morgan fingerprint density at radius 2 is 2.22 bits per heavy atom. The molecule has 0 aliphatic carbocycles. The van der Waals surface area contributed by atoms with E-state index in [0.29, 0.717) is 5.92 Å². The maximum absolute atomic E-state index is 10.8. The van der Waals surface area contributed by atoms with Crippen molar-refractivity contribution in [3.63, 3.8) is 0 Å². The lowest BCUT2D eigenvalue weighted by Crippen LogP contribution is -2.13. The highest BCUT2D eigenvalue weighted by atomic mass is 32.1.